The molecule has 4 heteroatoms. The lowest BCUT2D eigenvalue weighted by Crippen LogP contribution is -2.40. The molecule has 1 aromatic rings. The maximum absolute atomic E-state index is 11.4. The summed E-state index contributed by atoms with van der Waals surface area (Å²) in [6.07, 6.45) is 0.859. The molecule has 0 saturated carbocycles. The SMILES string of the molecule is CC(C)NC(=O)NCCc1ccc(SC(C)C)cc1. The summed E-state index contributed by atoms with van der Waals surface area (Å²) < 4.78 is 0. The predicted octanol–water partition coefficient (Wildman–Crippen LogP) is 3.44. The van der Waals surface area contributed by atoms with E-state index in [1.807, 2.05) is 25.6 Å². The summed E-state index contributed by atoms with van der Waals surface area (Å²) in [5, 5.41) is 6.26. The fourth-order valence-electron chi connectivity index (χ4n) is 1.64. The summed E-state index contributed by atoms with van der Waals surface area (Å²) in [7, 11) is 0. The van der Waals surface area contributed by atoms with Crippen molar-refractivity contribution in [2.24, 2.45) is 0 Å². The maximum atomic E-state index is 11.4. The molecule has 3 nitrogen and oxygen atoms in total. The van der Waals surface area contributed by atoms with Gasteiger partial charge in [-0.15, -0.1) is 11.8 Å². The highest BCUT2D eigenvalue weighted by Gasteiger charge is 2.02. The second-order valence-corrected chi connectivity index (χ2v) is 6.77. The van der Waals surface area contributed by atoms with Gasteiger partial charge in [-0.2, -0.15) is 0 Å². The molecular weight excluding hydrogens is 256 g/mol. The van der Waals surface area contributed by atoms with Gasteiger partial charge in [-0.05, 0) is 38.0 Å². The predicted molar refractivity (Wildman–Crippen MR) is 82.8 cm³/mol. The van der Waals surface area contributed by atoms with Gasteiger partial charge in [-0.1, -0.05) is 26.0 Å². The molecule has 1 rings (SSSR count). The second-order valence-electron chi connectivity index (χ2n) is 5.12. The van der Waals surface area contributed by atoms with Crippen LogP contribution in [0, 0.1) is 0 Å². The molecule has 0 atom stereocenters. The number of carbonyl (C=O) groups excluding carboxylic acids is 1. The Labute approximate surface area is 120 Å². The number of carbonyl (C=O) groups is 1. The molecule has 0 radical (unpaired) electrons. The smallest absolute Gasteiger partial charge is 0.314 e. The molecule has 0 aliphatic heterocycles. The Balaban J connectivity index is 2.32. The number of hydrogen-bond acceptors (Lipinski definition) is 2. The quantitative estimate of drug-likeness (QED) is 0.784. The molecule has 0 spiro atoms. The Bertz CT molecular complexity index is 388. The third kappa shape index (κ3) is 7.11. The number of amides is 2. The highest BCUT2D eigenvalue weighted by molar-refractivity contribution is 7.99. The first kappa shape index (κ1) is 15.9. The van der Waals surface area contributed by atoms with E-state index in [2.05, 4.69) is 48.7 Å². The molecule has 0 saturated heterocycles. The van der Waals surface area contributed by atoms with Crippen molar-refractivity contribution in [3.8, 4) is 0 Å². The fourth-order valence-corrected chi connectivity index (χ4v) is 2.48. The van der Waals surface area contributed by atoms with Crippen molar-refractivity contribution in [2.75, 3.05) is 6.54 Å². The van der Waals surface area contributed by atoms with Crippen molar-refractivity contribution in [3.05, 3.63) is 29.8 Å². The van der Waals surface area contributed by atoms with Gasteiger partial charge in [-0.25, -0.2) is 4.79 Å². The minimum Gasteiger partial charge on any atom is -0.338 e. The lowest BCUT2D eigenvalue weighted by molar-refractivity contribution is 0.238. The van der Waals surface area contributed by atoms with Gasteiger partial charge >= 0.3 is 6.03 Å². The Kier molecular flexibility index (Phi) is 6.78. The van der Waals surface area contributed by atoms with Crippen LogP contribution in [0.5, 0.6) is 0 Å². The summed E-state index contributed by atoms with van der Waals surface area (Å²) in [5.74, 6) is 0. The van der Waals surface area contributed by atoms with E-state index in [4.69, 9.17) is 0 Å². The summed E-state index contributed by atoms with van der Waals surface area (Å²) in [6.45, 7) is 8.94. The van der Waals surface area contributed by atoms with Crippen LogP contribution in [0.25, 0.3) is 0 Å². The summed E-state index contributed by atoms with van der Waals surface area (Å²) >= 11 is 1.86. The molecule has 0 aliphatic carbocycles. The van der Waals surface area contributed by atoms with Crippen LogP contribution in [0.4, 0.5) is 4.79 Å². The molecule has 1 aromatic carbocycles. The van der Waals surface area contributed by atoms with Crippen LogP contribution in [0.3, 0.4) is 0 Å². The van der Waals surface area contributed by atoms with E-state index in [1.165, 1.54) is 10.5 Å². The Hall–Kier alpha value is -1.16. The summed E-state index contributed by atoms with van der Waals surface area (Å²) in [4.78, 5) is 12.7. The van der Waals surface area contributed by atoms with E-state index in [-0.39, 0.29) is 12.1 Å². The molecule has 2 N–H and O–H groups in total. The molecule has 106 valence electrons. The monoisotopic (exact) mass is 280 g/mol. The first-order chi connectivity index (χ1) is 8.97. The molecule has 2 amide bonds. The van der Waals surface area contributed by atoms with E-state index in [1.54, 1.807) is 0 Å². The Morgan fingerprint density at radius 2 is 1.79 bits per heavy atom. The standard InChI is InChI=1S/C15H24N2OS/c1-11(2)17-15(18)16-10-9-13-5-7-14(8-6-13)19-12(3)4/h5-8,11-12H,9-10H2,1-4H3,(H2,16,17,18). The Morgan fingerprint density at radius 1 is 1.16 bits per heavy atom. The summed E-state index contributed by atoms with van der Waals surface area (Å²) in [5.41, 5.74) is 1.25. The summed E-state index contributed by atoms with van der Waals surface area (Å²) in [6, 6.07) is 8.64. The first-order valence-corrected chi connectivity index (χ1v) is 7.65. The van der Waals surface area contributed by atoms with E-state index in [0.29, 0.717) is 11.8 Å². The molecular formula is C15H24N2OS. The van der Waals surface area contributed by atoms with Crippen LogP contribution in [0.2, 0.25) is 0 Å². The van der Waals surface area contributed by atoms with Crippen molar-refractivity contribution in [1.82, 2.24) is 10.6 Å². The van der Waals surface area contributed by atoms with E-state index in [0.717, 1.165) is 6.42 Å². The number of rotatable bonds is 6. The van der Waals surface area contributed by atoms with Gasteiger partial charge in [0, 0.05) is 22.7 Å². The fraction of sp³-hybridized carbons (Fsp3) is 0.533. The highest BCUT2D eigenvalue weighted by Crippen LogP contribution is 2.22. The van der Waals surface area contributed by atoms with Gasteiger partial charge in [0.15, 0.2) is 0 Å². The normalized spacial score (nSPS) is 10.8. The van der Waals surface area contributed by atoms with Gasteiger partial charge < -0.3 is 10.6 Å². The van der Waals surface area contributed by atoms with Crippen LogP contribution in [0.1, 0.15) is 33.3 Å². The molecule has 0 unspecified atom stereocenters. The van der Waals surface area contributed by atoms with Crippen LogP contribution in [-0.2, 0) is 6.42 Å². The average Bonchev–Trinajstić information content (AvgIpc) is 2.29. The molecule has 0 aromatic heterocycles. The second kappa shape index (κ2) is 8.10. The minimum atomic E-state index is -0.0954. The van der Waals surface area contributed by atoms with E-state index >= 15 is 0 Å². The van der Waals surface area contributed by atoms with Gasteiger partial charge in [0.05, 0.1) is 0 Å². The molecule has 0 aliphatic rings. The van der Waals surface area contributed by atoms with E-state index in [9.17, 15) is 4.79 Å². The van der Waals surface area contributed by atoms with Crippen molar-refractivity contribution >= 4 is 17.8 Å². The molecule has 19 heavy (non-hydrogen) atoms. The van der Waals surface area contributed by atoms with Crippen molar-refractivity contribution in [2.45, 2.75) is 50.3 Å². The zero-order valence-corrected chi connectivity index (χ0v) is 13.0. The van der Waals surface area contributed by atoms with Gasteiger partial charge in [0.1, 0.15) is 0 Å². The largest absolute Gasteiger partial charge is 0.338 e. The first-order valence-electron chi connectivity index (χ1n) is 6.77. The number of thioether (sulfide) groups is 1. The van der Waals surface area contributed by atoms with Crippen LogP contribution >= 0.6 is 11.8 Å². The number of benzene rings is 1. The van der Waals surface area contributed by atoms with Crippen molar-refractivity contribution < 1.29 is 4.79 Å². The van der Waals surface area contributed by atoms with Crippen LogP contribution in [-0.4, -0.2) is 23.9 Å². The number of hydrogen-bond donors (Lipinski definition) is 2. The van der Waals surface area contributed by atoms with Gasteiger partial charge in [0.2, 0.25) is 0 Å². The lowest BCUT2D eigenvalue weighted by atomic mass is 10.1. The average molecular weight is 280 g/mol. The topological polar surface area (TPSA) is 41.1 Å². The zero-order valence-electron chi connectivity index (χ0n) is 12.2. The lowest BCUT2D eigenvalue weighted by Gasteiger charge is -2.10. The van der Waals surface area contributed by atoms with Crippen molar-refractivity contribution in [1.29, 1.82) is 0 Å². The third-order valence-electron chi connectivity index (χ3n) is 2.41. The Morgan fingerprint density at radius 3 is 2.32 bits per heavy atom. The van der Waals surface area contributed by atoms with Crippen molar-refractivity contribution in [3.63, 3.8) is 0 Å². The maximum Gasteiger partial charge on any atom is 0.314 e. The third-order valence-corrected chi connectivity index (χ3v) is 3.43. The zero-order chi connectivity index (χ0) is 14.3. The van der Waals surface area contributed by atoms with E-state index < -0.39 is 0 Å². The molecule has 0 heterocycles. The van der Waals surface area contributed by atoms with Crippen LogP contribution < -0.4 is 10.6 Å². The van der Waals surface area contributed by atoms with Gasteiger partial charge in [0.25, 0.3) is 0 Å². The minimum absolute atomic E-state index is 0.0954. The molecule has 0 bridgehead atoms. The van der Waals surface area contributed by atoms with Gasteiger partial charge in [-0.3, -0.25) is 0 Å². The number of nitrogens with one attached hydrogen (secondary N) is 2. The van der Waals surface area contributed by atoms with Crippen LogP contribution in [0.15, 0.2) is 29.2 Å². The highest BCUT2D eigenvalue weighted by atomic mass is 32.2. The molecule has 0 fully saturated rings. The number of urea groups is 1.